The molecule has 1 aromatic heterocycles. The van der Waals surface area contributed by atoms with Crippen molar-refractivity contribution in [1.82, 2.24) is 10.2 Å². The topological polar surface area (TPSA) is 37.8 Å². The van der Waals surface area contributed by atoms with Crippen molar-refractivity contribution in [3.8, 4) is 0 Å². The van der Waals surface area contributed by atoms with Gasteiger partial charge in [0.15, 0.2) is 5.15 Å². The lowest BCUT2D eigenvalue weighted by Crippen LogP contribution is -2.28. The van der Waals surface area contributed by atoms with Crippen LogP contribution in [0.2, 0.25) is 5.15 Å². The number of aromatic nitrogens is 2. The molecule has 88 valence electrons. The van der Waals surface area contributed by atoms with E-state index in [1.54, 1.807) is 6.07 Å². The van der Waals surface area contributed by atoms with Crippen molar-refractivity contribution in [1.29, 1.82) is 0 Å². The number of rotatable bonds is 3. The lowest BCUT2D eigenvalue weighted by molar-refractivity contribution is 0.604. The molecule has 2 rings (SSSR count). The molecule has 0 amide bonds. The van der Waals surface area contributed by atoms with Crippen LogP contribution in [0.4, 0.5) is 5.82 Å². The summed E-state index contributed by atoms with van der Waals surface area (Å²) in [5.74, 6) is 0.711. The fraction of sp³-hybridized carbons (Fsp3) is 0.231. The van der Waals surface area contributed by atoms with E-state index >= 15 is 0 Å². The van der Waals surface area contributed by atoms with E-state index in [1.807, 2.05) is 24.3 Å². The van der Waals surface area contributed by atoms with Crippen molar-refractivity contribution in [3.63, 3.8) is 0 Å². The summed E-state index contributed by atoms with van der Waals surface area (Å²) in [5, 5.41) is 11.5. The van der Waals surface area contributed by atoms with Gasteiger partial charge in [0.25, 0.3) is 0 Å². The van der Waals surface area contributed by atoms with E-state index in [9.17, 15) is 0 Å². The molecule has 0 aliphatic carbocycles. The Balaban J connectivity index is 2.20. The molecule has 0 saturated carbocycles. The van der Waals surface area contributed by atoms with Gasteiger partial charge in [-0.1, -0.05) is 41.9 Å². The van der Waals surface area contributed by atoms with E-state index in [0.29, 0.717) is 11.0 Å². The van der Waals surface area contributed by atoms with Crippen molar-refractivity contribution < 1.29 is 0 Å². The van der Waals surface area contributed by atoms with Gasteiger partial charge in [-0.3, -0.25) is 0 Å². The molecule has 3 nitrogen and oxygen atoms in total. The Hall–Kier alpha value is -1.61. The third-order valence-corrected chi connectivity index (χ3v) is 2.77. The molecule has 1 aromatic carbocycles. The molecule has 0 unspecified atom stereocenters. The molecule has 1 N–H and O–H groups in total. The highest BCUT2D eigenvalue weighted by molar-refractivity contribution is 6.29. The number of hydrogen-bond donors (Lipinski definition) is 1. The first-order valence-corrected chi connectivity index (χ1v) is 5.79. The van der Waals surface area contributed by atoms with Gasteiger partial charge in [-0.15, -0.1) is 10.2 Å². The van der Waals surface area contributed by atoms with Crippen molar-refractivity contribution in [2.24, 2.45) is 0 Å². The Kier molecular flexibility index (Phi) is 3.29. The zero-order valence-electron chi connectivity index (χ0n) is 9.81. The van der Waals surface area contributed by atoms with Crippen LogP contribution in [0.15, 0.2) is 42.5 Å². The summed E-state index contributed by atoms with van der Waals surface area (Å²) in [4.78, 5) is 0. The highest BCUT2D eigenvalue weighted by Gasteiger charge is 2.20. The molecule has 17 heavy (non-hydrogen) atoms. The Bertz CT molecular complexity index is 480. The second kappa shape index (κ2) is 4.72. The molecular weight excluding hydrogens is 234 g/mol. The maximum atomic E-state index is 5.70. The number of anilines is 1. The molecular formula is C13H14ClN3. The summed E-state index contributed by atoms with van der Waals surface area (Å²) in [6.45, 7) is 4.19. The molecule has 0 bridgehead atoms. The molecule has 2 aromatic rings. The lowest BCUT2D eigenvalue weighted by Gasteiger charge is -2.27. The number of nitrogens with one attached hydrogen (secondary N) is 1. The predicted octanol–water partition coefficient (Wildman–Crippen LogP) is 3.48. The predicted molar refractivity (Wildman–Crippen MR) is 70.1 cm³/mol. The Morgan fingerprint density at radius 2 is 1.71 bits per heavy atom. The van der Waals surface area contributed by atoms with Crippen molar-refractivity contribution in [2.75, 3.05) is 5.32 Å². The Morgan fingerprint density at radius 3 is 2.29 bits per heavy atom. The summed E-state index contributed by atoms with van der Waals surface area (Å²) in [7, 11) is 0. The summed E-state index contributed by atoms with van der Waals surface area (Å²) < 4.78 is 0. The Labute approximate surface area is 106 Å². The minimum Gasteiger partial charge on any atom is -0.360 e. The number of benzene rings is 1. The van der Waals surface area contributed by atoms with E-state index in [2.05, 4.69) is 41.5 Å². The third-order valence-electron chi connectivity index (χ3n) is 2.57. The summed E-state index contributed by atoms with van der Waals surface area (Å²) in [5.41, 5.74) is 0.987. The standard InChI is InChI=1S/C13H14ClN3/c1-13(2,10-6-4-3-5-7-10)15-12-9-8-11(14)16-17-12/h3-9H,1-2H3,(H,15,17). The van der Waals surface area contributed by atoms with Crippen LogP contribution < -0.4 is 5.32 Å². The number of halogens is 1. The van der Waals surface area contributed by atoms with Crippen LogP contribution >= 0.6 is 11.6 Å². The highest BCUT2D eigenvalue weighted by atomic mass is 35.5. The number of hydrogen-bond acceptors (Lipinski definition) is 3. The van der Waals surface area contributed by atoms with Gasteiger partial charge in [0, 0.05) is 0 Å². The van der Waals surface area contributed by atoms with Gasteiger partial charge < -0.3 is 5.32 Å². The molecule has 1 heterocycles. The zero-order valence-corrected chi connectivity index (χ0v) is 10.6. The molecule has 0 spiro atoms. The van der Waals surface area contributed by atoms with Gasteiger partial charge in [0.2, 0.25) is 0 Å². The molecule has 0 aliphatic rings. The van der Waals surface area contributed by atoms with Gasteiger partial charge >= 0.3 is 0 Å². The van der Waals surface area contributed by atoms with Crippen molar-refractivity contribution >= 4 is 17.4 Å². The lowest BCUT2D eigenvalue weighted by atomic mass is 9.94. The van der Waals surface area contributed by atoms with Crippen LogP contribution in [0, 0.1) is 0 Å². The maximum absolute atomic E-state index is 5.70. The molecule has 0 saturated heterocycles. The SMILES string of the molecule is CC(C)(Nc1ccc(Cl)nn1)c1ccccc1. The van der Waals surface area contributed by atoms with Gasteiger partial charge in [-0.2, -0.15) is 0 Å². The van der Waals surface area contributed by atoms with Gasteiger partial charge in [-0.05, 0) is 31.5 Å². The maximum Gasteiger partial charge on any atom is 0.151 e. The van der Waals surface area contributed by atoms with E-state index in [1.165, 1.54) is 5.56 Å². The van der Waals surface area contributed by atoms with Crippen molar-refractivity contribution in [3.05, 3.63) is 53.2 Å². The van der Waals surface area contributed by atoms with E-state index in [4.69, 9.17) is 11.6 Å². The van der Waals surface area contributed by atoms with Crippen LogP contribution in [-0.4, -0.2) is 10.2 Å². The van der Waals surface area contributed by atoms with Crippen LogP contribution in [-0.2, 0) is 5.54 Å². The van der Waals surface area contributed by atoms with E-state index < -0.39 is 0 Å². The zero-order chi connectivity index (χ0) is 12.3. The summed E-state index contributed by atoms with van der Waals surface area (Å²) in [6.07, 6.45) is 0. The smallest absolute Gasteiger partial charge is 0.151 e. The minimum absolute atomic E-state index is 0.205. The molecule has 4 heteroatoms. The average molecular weight is 248 g/mol. The largest absolute Gasteiger partial charge is 0.360 e. The fourth-order valence-electron chi connectivity index (χ4n) is 1.63. The quantitative estimate of drug-likeness (QED) is 0.903. The summed E-state index contributed by atoms with van der Waals surface area (Å²) >= 11 is 5.70. The second-order valence-corrected chi connectivity index (χ2v) is 4.74. The Morgan fingerprint density at radius 1 is 1.00 bits per heavy atom. The van der Waals surface area contributed by atoms with Crippen LogP contribution in [0.5, 0.6) is 0 Å². The van der Waals surface area contributed by atoms with E-state index in [0.717, 1.165) is 0 Å². The average Bonchev–Trinajstić information content (AvgIpc) is 2.33. The minimum atomic E-state index is -0.205. The van der Waals surface area contributed by atoms with Crippen LogP contribution in [0.25, 0.3) is 0 Å². The first-order valence-electron chi connectivity index (χ1n) is 5.41. The first-order chi connectivity index (χ1) is 8.08. The molecule has 0 fully saturated rings. The third kappa shape index (κ3) is 2.94. The molecule has 0 radical (unpaired) electrons. The summed E-state index contributed by atoms with van der Waals surface area (Å²) in [6, 6.07) is 13.7. The molecule has 0 aliphatic heterocycles. The van der Waals surface area contributed by atoms with E-state index in [-0.39, 0.29) is 5.54 Å². The van der Waals surface area contributed by atoms with Crippen LogP contribution in [0.3, 0.4) is 0 Å². The monoisotopic (exact) mass is 247 g/mol. The highest BCUT2D eigenvalue weighted by Crippen LogP contribution is 2.24. The van der Waals surface area contributed by atoms with Gasteiger partial charge in [0.05, 0.1) is 5.54 Å². The van der Waals surface area contributed by atoms with Crippen LogP contribution in [0.1, 0.15) is 19.4 Å². The van der Waals surface area contributed by atoms with Gasteiger partial charge in [0.1, 0.15) is 5.82 Å². The second-order valence-electron chi connectivity index (χ2n) is 4.36. The normalized spacial score (nSPS) is 11.2. The number of nitrogens with zero attached hydrogens (tertiary/aromatic N) is 2. The molecule has 0 atom stereocenters. The van der Waals surface area contributed by atoms with Gasteiger partial charge in [-0.25, -0.2) is 0 Å². The first kappa shape index (κ1) is 11.9. The van der Waals surface area contributed by atoms with Crippen molar-refractivity contribution in [2.45, 2.75) is 19.4 Å². The fourth-order valence-corrected chi connectivity index (χ4v) is 1.73.